The lowest BCUT2D eigenvalue weighted by Gasteiger charge is -2.33. The van der Waals surface area contributed by atoms with Crippen LogP contribution in [-0.2, 0) is 6.42 Å². The fraction of sp³-hybridized carbons (Fsp3) is 0.0769. The summed E-state index contributed by atoms with van der Waals surface area (Å²) >= 11 is 0. The van der Waals surface area contributed by atoms with Crippen LogP contribution in [0.3, 0.4) is 0 Å². The molecular weight excluding hydrogens is 993 g/mol. The van der Waals surface area contributed by atoms with E-state index in [-0.39, 0.29) is 0 Å². The maximum Gasteiger partial charge on any atom is 0.160 e. The molecule has 4 nitrogen and oxygen atoms in total. The zero-order chi connectivity index (χ0) is 53.6. The molecule has 0 amide bonds. The highest BCUT2D eigenvalue weighted by atomic mass is 14.9. The third-order valence-electron chi connectivity index (χ3n) is 18.7. The van der Waals surface area contributed by atoms with Crippen molar-refractivity contribution < 1.29 is 0 Å². The normalized spacial score (nSPS) is 17.0. The summed E-state index contributed by atoms with van der Waals surface area (Å²) in [7, 11) is 0. The van der Waals surface area contributed by atoms with Crippen LogP contribution in [-0.4, -0.2) is 19.9 Å². The molecule has 0 bridgehead atoms. The second-order valence-corrected chi connectivity index (χ2v) is 22.9. The number of nitrogens with zero attached hydrogens (tertiary/aromatic N) is 4. The molecule has 18 rings (SSSR count). The predicted molar refractivity (Wildman–Crippen MR) is 339 cm³/mol. The quantitative estimate of drug-likeness (QED) is 0.156. The monoisotopic (exact) mass is 1040 g/mol. The van der Waals surface area contributed by atoms with Gasteiger partial charge in [-0.15, -0.1) is 0 Å². The largest absolute Gasteiger partial charge is 0.252 e. The van der Waals surface area contributed by atoms with Gasteiger partial charge < -0.3 is 0 Å². The van der Waals surface area contributed by atoms with Gasteiger partial charge in [0.25, 0.3) is 0 Å². The van der Waals surface area contributed by atoms with Gasteiger partial charge in [0.1, 0.15) is 0 Å². The Morgan fingerprint density at radius 1 is 0.390 bits per heavy atom. The van der Waals surface area contributed by atoms with Gasteiger partial charge in [-0.25, -0.2) is 15.0 Å². The summed E-state index contributed by atoms with van der Waals surface area (Å²) in [4.78, 5) is 21.8. The topological polar surface area (TPSA) is 51.6 Å². The third-order valence-corrected chi connectivity index (χ3v) is 18.7. The summed E-state index contributed by atoms with van der Waals surface area (Å²) in [6, 6.07) is 78.1. The average molecular weight is 1040 g/mol. The molecular formula is C78H50N4. The first-order valence-electron chi connectivity index (χ1n) is 28.9. The molecule has 3 aromatic heterocycles. The number of para-hydroxylation sites is 3. The maximum absolute atomic E-state index is 5.82. The lowest BCUT2D eigenvalue weighted by molar-refractivity contribution is 0.487. The minimum Gasteiger partial charge on any atom is -0.252 e. The fourth-order valence-corrected chi connectivity index (χ4v) is 15.1. The Kier molecular flexibility index (Phi) is 9.84. The van der Waals surface area contributed by atoms with E-state index in [0.717, 1.165) is 108 Å². The van der Waals surface area contributed by atoms with Crippen molar-refractivity contribution in [3.05, 3.63) is 276 Å². The van der Waals surface area contributed by atoms with E-state index < -0.39 is 0 Å². The summed E-state index contributed by atoms with van der Waals surface area (Å²) in [5.74, 6) is 1.77. The predicted octanol–water partition coefficient (Wildman–Crippen LogP) is 19.8. The first-order chi connectivity index (χ1) is 40.7. The Labute approximate surface area is 474 Å². The van der Waals surface area contributed by atoms with Crippen LogP contribution in [0, 0.1) is 5.92 Å². The van der Waals surface area contributed by atoms with E-state index >= 15 is 0 Å². The van der Waals surface area contributed by atoms with Crippen LogP contribution in [0.15, 0.2) is 248 Å². The number of fused-ring (bicyclic) bond motifs is 11. The molecule has 0 saturated carbocycles. The molecule has 3 heterocycles. The number of benzene rings is 10. The zero-order valence-corrected chi connectivity index (χ0v) is 44.8. The van der Waals surface area contributed by atoms with Crippen LogP contribution in [0.1, 0.15) is 52.6 Å². The number of aromatic nitrogens is 4. The van der Waals surface area contributed by atoms with Gasteiger partial charge in [0.15, 0.2) is 5.82 Å². The summed E-state index contributed by atoms with van der Waals surface area (Å²) in [5, 5.41) is 7.00. The Morgan fingerprint density at radius 2 is 1.00 bits per heavy atom. The Hall–Kier alpha value is -10.2. The Bertz CT molecular complexity index is 4990. The number of pyridine rings is 2. The van der Waals surface area contributed by atoms with E-state index in [9.17, 15) is 0 Å². The van der Waals surface area contributed by atoms with Gasteiger partial charge in [0, 0.05) is 72.5 Å². The first kappa shape index (κ1) is 45.7. The molecule has 0 spiro atoms. The molecule has 13 aromatic rings. The minimum absolute atomic E-state index is 0.323. The van der Waals surface area contributed by atoms with E-state index in [1.54, 1.807) is 0 Å². The van der Waals surface area contributed by atoms with Crippen molar-refractivity contribution in [2.45, 2.75) is 31.1 Å². The van der Waals surface area contributed by atoms with Crippen molar-refractivity contribution in [3.8, 4) is 78.3 Å². The van der Waals surface area contributed by atoms with Crippen LogP contribution >= 0.6 is 0 Å². The highest BCUT2D eigenvalue weighted by Crippen LogP contribution is 2.58. The lowest BCUT2D eigenvalue weighted by atomic mass is 9.70. The molecule has 3 unspecified atom stereocenters. The van der Waals surface area contributed by atoms with Gasteiger partial charge in [0.2, 0.25) is 0 Å². The number of hydrogen-bond acceptors (Lipinski definition) is 4. The molecule has 10 aromatic carbocycles. The average Bonchev–Trinajstić information content (AvgIpc) is 2.38. The van der Waals surface area contributed by atoms with Crippen molar-refractivity contribution in [1.29, 1.82) is 0 Å². The highest BCUT2D eigenvalue weighted by molar-refractivity contribution is 6.19. The van der Waals surface area contributed by atoms with Gasteiger partial charge in [-0.1, -0.05) is 218 Å². The number of aryl methyl sites for hydroxylation is 1. The summed E-state index contributed by atoms with van der Waals surface area (Å²) in [6.07, 6.45) is 17.3. The van der Waals surface area contributed by atoms with E-state index in [1.807, 2.05) is 0 Å². The second-order valence-electron chi connectivity index (χ2n) is 22.9. The molecule has 5 aliphatic carbocycles. The molecule has 0 radical (unpaired) electrons. The summed E-state index contributed by atoms with van der Waals surface area (Å²) in [6.45, 7) is 0. The highest BCUT2D eigenvalue weighted by Gasteiger charge is 2.44. The first-order valence-corrected chi connectivity index (χ1v) is 28.9. The molecule has 0 saturated heterocycles. The molecule has 0 fully saturated rings. The van der Waals surface area contributed by atoms with E-state index in [0.29, 0.717) is 23.6 Å². The van der Waals surface area contributed by atoms with Crippen LogP contribution in [0.5, 0.6) is 0 Å². The van der Waals surface area contributed by atoms with Gasteiger partial charge in [-0.2, -0.15) is 0 Å². The van der Waals surface area contributed by atoms with Gasteiger partial charge in [-0.05, 0) is 133 Å². The van der Waals surface area contributed by atoms with Crippen LogP contribution in [0.2, 0.25) is 0 Å². The second kappa shape index (κ2) is 17.7. The molecule has 5 aliphatic rings. The van der Waals surface area contributed by atoms with Crippen LogP contribution in [0.25, 0.3) is 144 Å². The summed E-state index contributed by atoms with van der Waals surface area (Å²) in [5.41, 5.74) is 28.1. The van der Waals surface area contributed by atoms with Crippen molar-refractivity contribution in [2.75, 3.05) is 0 Å². The molecule has 4 heteroatoms. The fourth-order valence-electron chi connectivity index (χ4n) is 15.1. The van der Waals surface area contributed by atoms with Crippen molar-refractivity contribution in [1.82, 2.24) is 19.9 Å². The van der Waals surface area contributed by atoms with E-state index in [1.165, 1.54) is 77.6 Å². The van der Waals surface area contributed by atoms with Crippen molar-refractivity contribution in [3.63, 3.8) is 0 Å². The lowest BCUT2D eigenvalue weighted by Crippen LogP contribution is -2.19. The van der Waals surface area contributed by atoms with Crippen molar-refractivity contribution >= 4 is 66.0 Å². The number of hydrogen-bond donors (Lipinski definition) is 0. The van der Waals surface area contributed by atoms with Crippen molar-refractivity contribution in [2.24, 2.45) is 5.92 Å². The minimum atomic E-state index is 0.323. The van der Waals surface area contributed by atoms with Crippen LogP contribution in [0.4, 0.5) is 0 Å². The SMILES string of the molecule is C1=Cc2c(nc3ccccc3c2-c2ccc(-c3nc(-c4ccc(-c5c6ccccc6nc6ccccc56)cc4)c4cc(-c5ccc6c7c(cccc57)-c5ccccc5-6)cc(C5=C6C=CCC7c8ccccc8C(C=C5)C67)c4n3)cc2)CC1. The van der Waals surface area contributed by atoms with Gasteiger partial charge >= 0.3 is 0 Å². The summed E-state index contributed by atoms with van der Waals surface area (Å²) < 4.78 is 0. The standard InChI is InChI=1S/C78H50N4/c1-3-17-53-51(15-1)57-24-13-23-56-50(39-41-60(53)74(56)57)49-43-66(55-40-42-61-54-18-4-2-16-52(54)58-25-14-26-59(55)75(58)61)77-67(44-49)76(47-35-31-45(32-36-47)72-62-19-5-9-27-68(62)79-69-28-10-6-20-63(69)72)81-78(82-77)48-37-33-46(34-38-48)73-64-21-7-11-29-70(64)80-71-30-12-8-22-65(71)73/h1-11,13-24,26-29,31-44,58,61,75H,12,25,30H2. The van der Waals surface area contributed by atoms with E-state index in [2.05, 4.69) is 249 Å². The van der Waals surface area contributed by atoms with Crippen LogP contribution < -0.4 is 0 Å². The maximum atomic E-state index is 5.82. The van der Waals surface area contributed by atoms with Gasteiger partial charge in [-0.3, -0.25) is 4.98 Å². The molecule has 82 heavy (non-hydrogen) atoms. The molecule has 0 N–H and O–H groups in total. The molecule has 382 valence electrons. The molecule has 0 aliphatic heterocycles. The zero-order valence-electron chi connectivity index (χ0n) is 44.8. The smallest absolute Gasteiger partial charge is 0.160 e. The number of allylic oxidation sites excluding steroid dienone is 7. The third kappa shape index (κ3) is 6.73. The Morgan fingerprint density at radius 3 is 1.77 bits per heavy atom. The van der Waals surface area contributed by atoms with Gasteiger partial charge in [0.05, 0.1) is 27.8 Å². The van der Waals surface area contributed by atoms with E-state index in [4.69, 9.17) is 19.9 Å². The Balaban J connectivity index is 0.892. The number of rotatable bonds is 6. The molecule has 3 atom stereocenters.